The van der Waals surface area contributed by atoms with E-state index in [9.17, 15) is 13.2 Å². The summed E-state index contributed by atoms with van der Waals surface area (Å²) in [5, 5.41) is 0. The SMILES string of the molecule is CCC(C)c1ccc(NS(=O)(=O)c2sc(=O)[nH]c2C)cc1. The van der Waals surface area contributed by atoms with Gasteiger partial charge in [0.25, 0.3) is 10.0 Å². The van der Waals surface area contributed by atoms with E-state index in [2.05, 4.69) is 23.6 Å². The number of nitrogens with one attached hydrogen (secondary N) is 2. The van der Waals surface area contributed by atoms with Crippen LogP contribution in [0.4, 0.5) is 5.69 Å². The van der Waals surface area contributed by atoms with Gasteiger partial charge in [0.05, 0.1) is 0 Å². The summed E-state index contributed by atoms with van der Waals surface area (Å²) in [5.74, 6) is 0.438. The molecular weight excluding hydrogens is 308 g/mol. The molecule has 0 bridgehead atoms. The number of hydrogen-bond donors (Lipinski definition) is 2. The first kappa shape index (κ1) is 15.8. The molecule has 21 heavy (non-hydrogen) atoms. The summed E-state index contributed by atoms with van der Waals surface area (Å²) in [6.45, 7) is 5.80. The van der Waals surface area contributed by atoms with Crippen molar-refractivity contribution >= 4 is 27.0 Å². The normalized spacial score (nSPS) is 13.1. The molecule has 0 amide bonds. The number of sulfonamides is 1. The van der Waals surface area contributed by atoms with E-state index in [1.807, 2.05) is 12.1 Å². The zero-order valence-corrected chi connectivity index (χ0v) is 13.8. The zero-order chi connectivity index (χ0) is 15.6. The second-order valence-corrected chi connectivity index (χ2v) is 7.82. The molecule has 1 unspecified atom stereocenters. The maximum absolute atomic E-state index is 12.3. The third-order valence-corrected chi connectivity index (χ3v) is 6.36. The van der Waals surface area contributed by atoms with Crippen molar-refractivity contribution in [1.82, 2.24) is 4.98 Å². The second kappa shape index (κ2) is 6.03. The van der Waals surface area contributed by atoms with Gasteiger partial charge in [0.1, 0.15) is 0 Å². The minimum absolute atomic E-state index is 0.0264. The summed E-state index contributed by atoms with van der Waals surface area (Å²) >= 11 is 0.691. The highest BCUT2D eigenvalue weighted by Gasteiger charge is 2.20. The first-order valence-corrected chi connectivity index (χ1v) is 8.96. The lowest BCUT2D eigenvalue weighted by Crippen LogP contribution is -2.12. The number of aromatic amines is 1. The van der Waals surface area contributed by atoms with E-state index in [0.717, 1.165) is 6.42 Å². The summed E-state index contributed by atoms with van der Waals surface area (Å²) in [4.78, 5) is 13.3. The van der Waals surface area contributed by atoms with Gasteiger partial charge in [0, 0.05) is 11.4 Å². The van der Waals surface area contributed by atoms with Crippen molar-refractivity contribution in [1.29, 1.82) is 0 Å². The summed E-state index contributed by atoms with van der Waals surface area (Å²) in [7, 11) is -3.72. The van der Waals surface area contributed by atoms with Gasteiger partial charge < -0.3 is 4.98 Å². The van der Waals surface area contributed by atoms with Crippen LogP contribution in [0, 0.1) is 6.92 Å². The largest absolute Gasteiger partial charge is 0.315 e. The molecule has 2 rings (SSSR count). The lowest BCUT2D eigenvalue weighted by Gasteiger charge is -2.11. The minimum Gasteiger partial charge on any atom is -0.315 e. The molecule has 0 fully saturated rings. The van der Waals surface area contributed by atoms with Crippen LogP contribution < -0.4 is 9.60 Å². The Morgan fingerprint density at radius 1 is 1.29 bits per heavy atom. The van der Waals surface area contributed by atoms with Gasteiger partial charge in [0.2, 0.25) is 0 Å². The Morgan fingerprint density at radius 2 is 1.90 bits per heavy atom. The highest BCUT2D eigenvalue weighted by molar-refractivity contribution is 7.94. The highest BCUT2D eigenvalue weighted by Crippen LogP contribution is 2.23. The summed E-state index contributed by atoms with van der Waals surface area (Å²) in [6.07, 6.45) is 1.03. The molecular formula is C14H18N2O3S2. The Labute approximate surface area is 128 Å². The number of thiazole rings is 1. The van der Waals surface area contributed by atoms with Crippen molar-refractivity contribution in [3.8, 4) is 0 Å². The Kier molecular flexibility index (Phi) is 4.53. The van der Waals surface area contributed by atoms with Crippen LogP contribution in [-0.2, 0) is 10.0 Å². The van der Waals surface area contributed by atoms with Crippen LogP contribution in [0.3, 0.4) is 0 Å². The van der Waals surface area contributed by atoms with Crippen molar-refractivity contribution in [3.63, 3.8) is 0 Å². The monoisotopic (exact) mass is 326 g/mol. The fourth-order valence-electron chi connectivity index (χ4n) is 1.96. The molecule has 1 aromatic heterocycles. The second-order valence-electron chi connectivity index (χ2n) is 4.96. The summed E-state index contributed by atoms with van der Waals surface area (Å²) in [5.41, 5.74) is 2.01. The quantitative estimate of drug-likeness (QED) is 0.886. The number of benzene rings is 1. The summed E-state index contributed by atoms with van der Waals surface area (Å²) < 4.78 is 27.0. The smallest absolute Gasteiger partial charge is 0.306 e. The van der Waals surface area contributed by atoms with Crippen molar-refractivity contribution in [2.24, 2.45) is 0 Å². The van der Waals surface area contributed by atoms with E-state index >= 15 is 0 Å². The first-order valence-electron chi connectivity index (χ1n) is 6.66. The molecule has 0 spiro atoms. The van der Waals surface area contributed by atoms with Crippen LogP contribution in [-0.4, -0.2) is 13.4 Å². The average molecular weight is 326 g/mol. The number of anilines is 1. The van der Waals surface area contributed by atoms with Crippen LogP contribution in [0.1, 0.15) is 37.4 Å². The van der Waals surface area contributed by atoms with E-state index in [1.165, 1.54) is 5.56 Å². The van der Waals surface area contributed by atoms with E-state index in [0.29, 0.717) is 28.6 Å². The summed E-state index contributed by atoms with van der Waals surface area (Å²) in [6, 6.07) is 7.31. The fraction of sp³-hybridized carbons (Fsp3) is 0.357. The molecule has 1 atom stereocenters. The Morgan fingerprint density at radius 3 is 2.38 bits per heavy atom. The van der Waals surface area contributed by atoms with Gasteiger partial charge in [-0.3, -0.25) is 9.52 Å². The number of aryl methyl sites for hydroxylation is 1. The van der Waals surface area contributed by atoms with Crippen LogP contribution >= 0.6 is 11.3 Å². The predicted molar refractivity (Wildman–Crippen MR) is 85.6 cm³/mol. The van der Waals surface area contributed by atoms with Crippen LogP contribution in [0.15, 0.2) is 33.3 Å². The Balaban J connectivity index is 2.25. The third kappa shape index (κ3) is 3.54. The van der Waals surface area contributed by atoms with Gasteiger partial charge in [0.15, 0.2) is 4.21 Å². The minimum atomic E-state index is -3.72. The highest BCUT2D eigenvalue weighted by atomic mass is 32.2. The molecule has 0 saturated heterocycles. The van der Waals surface area contributed by atoms with Crippen LogP contribution in [0.25, 0.3) is 0 Å². The van der Waals surface area contributed by atoms with Crippen molar-refractivity contribution in [2.45, 2.75) is 37.3 Å². The van der Waals surface area contributed by atoms with E-state index < -0.39 is 10.0 Å². The standard InChI is InChI=1S/C14H18N2O3S2/c1-4-9(2)11-5-7-12(8-6-11)16-21(18,19)13-10(3)15-14(17)20-13/h5-9,16H,4H2,1-3H3,(H,15,17). The van der Waals surface area contributed by atoms with Gasteiger partial charge in [-0.1, -0.05) is 37.3 Å². The molecule has 0 aliphatic rings. The molecule has 0 aliphatic carbocycles. The van der Waals surface area contributed by atoms with Gasteiger partial charge in [-0.2, -0.15) is 0 Å². The molecule has 0 radical (unpaired) electrons. The molecule has 5 nitrogen and oxygen atoms in total. The van der Waals surface area contributed by atoms with Crippen molar-refractivity contribution in [2.75, 3.05) is 4.72 Å². The molecule has 0 saturated carbocycles. The van der Waals surface area contributed by atoms with Gasteiger partial charge in [-0.15, -0.1) is 0 Å². The molecule has 2 N–H and O–H groups in total. The number of aromatic nitrogens is 1. The topological polar surface area (TPSA) is 79.0 Å². The maximum atomic E-state index is 12.3. The van der Waals surface area contributed by atoms with E-state index in [1.54, 1.807) is 19.1 Å². The van der Waals surface area contributed by atoms with Crippen LogP contribution in [0.5, 0.6) is 0 Å². The molecule has 1 aromatic carbocycles. The molecule has 0 aliphatic heterocycles. The fourth-order valence-corrected chi connectivity index (χ4v) is 4.32. The molecule has 2 aromatic rings. The van der Waals surface area contributed by atoms with E-state index in [-0.39, 0.29) is 9.08 Å². The lowest BCUT2D eigenvalue weighted by molar-refractivity contribution is 0.602. The van der Waals surface area contributed by atoms with Gasteiger partial charge in [-0.05, 0) is 37.0 Å². The average Bonchev–Trinajstić information content (AvgIpc) is 2.78. The van der Waals surface area contributed by atoms with E-state index in [4.69, 9.17) is 0 Å². The van der Waals surface area contributed by atoms with Gasteiger partial charge in [-0.25, -0.2) is 8.42 Å². The third-order valence-electron chi connectivity index (χ3n) is 3.37. The molecule has 114 valence electrons. The molecule has 7 heteroatoms. The predicted octanol–water partition coefficient (Wildman–Crippen LogP) is 3.06. The van der Waals surface area contributed by atoms with Crippen molar-refractivity contribution < 1.29 is 8.42 Å². The first-order chi connectivity index (χ1) is 9.83. The van der Waals surface area contributed by atoms with Crippen LogP contribution in [0.2, 0.25) is 0 Å². The zero-order valence-electron chi connectivity index (χ0n) is 12.1. The Hall–Kier alpha value is -1.60. The van der Waals surface area contributed by atoms with Gasteiger partial charge >= 0.3 is 4.87 Å². The maximum Gasteiger partial charge on any atom is 0.306 e. The molecule has 1 heterocycles. The van der Waals surface area contributed by atoms with Crippen molar-refractivity contribution in [3.05, 3.63) is 45.2 Å². The lowest BCUT2D eigenvalue weighted by atomic mass is 9.99. The number of hydrogen-bond acceptors (Lipinski definition) is 4. The Bertz CT molecular complexity index is 773. The number of H-pyrrole nitrogens is 1. The number of rotatable bonds is 5.